The van der Waals surface area contributed by atoms with Crippen molar-refractivity contribution in [3.63, 3.8) is 0 Å². The number of amides is 2. The fourth-order valence-corrected chi connectivity index (χ4v) is 5.04. The fourth-order valence-electron chi connectivity index (χ4n) is 5.04. The number of fused-ring (bicyclic) bond motifs is 5. The second-order valence-electron chi connectivity index (χ2n) is 7.67. The smallest absolute Gasteiger partial charge is 0.238 e. The first-order valence-corrected chi connectivity index (χ1v) is 9.20. The van der Waals surface area contributed by atoms with Crippen LogP contribution in [0.4, 0.5) is 5.69 Å². The molecule has 3 aliphatic rings. The fraction of sp³-hybridized carbons (Fsp3) is 0.381. The molecule has 0 spiro atoms. The Balaban J connectivity index is 1.51. The largest absolute Gasteiger partial charge is 0.274 e. The van der Waals surface area contributed by atoms with Gasteiger partial charge >= 0.3 is 0 Å². The average molecular weight is 347 g/mol. The highest BCUT2D eigenvalue weighted by Gasteiger charge is 2.60. The number of benzene rings is 1. The van der Waals surface area contributed by atoms with Crippen molar-refractivity contribution in [1.29, 1.82) is 0 Å². The van der Waals surface area contributed by atoms with Gasteiger partial charge in [-0.15, -0.1) is 0 Å². The van der Waals surface area contributed by atoms with Crippen LogP contribution in [0.15, 0.2) is 42.5 Å². The molecule has 2 amide bonds. The molecule has 5 heteroatoms. The lowest BCUT2D eigenvalue weighted by Gasteiger charge is -2.17. The summed E-state index contributed by atoms with van der Waals surface area (Å²) in [4.78, 5) is 27.6. The first-order chi connectivity index (χ1) is 12.6. The molecule has 5 nitrogen and oxygen atoms in total. The number of hydrogen-bond donors (Lipinski definition) is 0. The number of imide groups is 1. The van der Waals surface area contributed by atoms with Crippen LogP contribution in [0.25, 0.3) is 0 Å². The monoisotopic (exact) mass is 347 g/mol. The van der Waals surface area contributed by atoms with E-state index in [0.29, 0.717) is 12.2 Å². The van der Waals surface area contributed by atoms with Crippen molar-refractivity contribution < 1.29 is 9.59 Å². The number of rotatable bonds is 3. The summed E-state index contributed by atoms with van der Waals surface area (Å²) in [5.74, 6) is 0.0324. The molecule has 2 fully saturated rings. The lowest BCUT2D eigenvalue weighted by atomic mass is 9.85. The van der Waals surface area contributed by atoms with E-state index < -0.39 is 0 Å². The van der Waals surface area contributed by atoms with Gasteiger partial charge in [-0.2, -0.15) is 5.10 Å². The van der Waals surface area contributed by atoms with E-state index >= 15 is 0 Å². The Bertz CT molecular complexity index is 914. The molecule has 0 radical (unpaired) electrons. The van der Waals surface area contributed by atoms with E-state index in [9.17, 15) is 9.59 Å². The van der Waals surface area contributed by atoms with Gasteiger partial charge in [0.05, 0.1) is 35.5 Å². The van der Waals surface area contributed by atoms with Crippen molar-refractivity contribution >= 4 is 17.5 Å². The van der Waals surface area contributed by atoms with Crippen LogP contribution in [0.3, 0.4) is 0 Å². The summed E-state index contributed by atoms with van der Waals surface area (Å²) < 4.78 is 1.89. The lowest BCUT2D eigenvalue weighted by Crippen LogP contribution is -2.33. The molecule has 1 saturated carbocycles. The third-order valence-electron chi connectivity index (χ3n) is 6.21. The van der Waals surface area contributed by atoms with E-state index in [1.165, 1.54) is 4.90 Å². The van der Waals surface area contributed by atoms with E-state index in [1.807, 2.05) is 36.7 Å². The minimum absolute atomic E-state index is 0.0395. The number of anilines is 1. The van der Waals surface area contributed by atoms with E-state index in [-0.39, 0.29) is 35.5 Å². The van der Waals surface area contributed by atoms with Crippen LogP contribution in [0.5, 0.6) is 0 Å². The summed E-state index contributed by atoms with van der Waals surface area (Å²) in [7, 11) is 0. The van der Waals surface area contributed by atoms with Crippen LogP contribution >= 0.6 is 0 Å². The molecule has 1 aliphatic heterocycles. The maximum atomic E-state index is 13.1. The zero-order valence-corrected chi connectivity index (χ0v) is 14.9. The van der Waals surface area contributed by atoms with Crippen molar-refractivity contribution in [2.24, 2.45) is 23.7 Å². The first-order valence-electron chi connectivity index (χ1n) is 9.20. The highest BCUT2D eigenvalue weighted by atomic mass is 16.2. The van der Waals surface area contributed by atoms with Crippen LogP contribution in [-0.2, 0) is 16.1 Å². The molecule has 132 valence electrons. The SMILES string of the molecule is Cc1nn(Cc2ccccc2)c(C)c1N1C(=O)[C@@H]2[C@@H](C1=O)[C@H]1C=C[C@H]2C1. The third kappa shape index (κ3) is 2.00. The van der Waals surface area contributed by atoms with Gasteiger partial charge in [-0.3, -0.25) is 14.3 Å². The Hall–Kier alpha value is -2.69. The van der Waals surface area contributed by atoms with Crippen molar-refractivity contribution in [2.75, 3.05) is 4.90 Å². The van der Waals surface area contributed by atoms with Gasteiger partial charge in [-0.05, 0) is 37.7 Å². The van der Waals surface area contributed by atoms with Gasteiger partial charge in [0.25, 0.3) is 0 Å². The number of allylic oxidation sites excluding steroid dienone is 2. The molecular formula is C21H21N3O2. The lowest BCUT2D eigenvalue weighted by molar-refractivity contribution is -0.123. The van der Waals surface area contributed by atoms with Crippen molar-refractivity contribution in [3.05, 3.63) is 59.4 Å². The standard InChI is InChI=1S/C21H21N3O2/c1-12-19(13(2)23(22-12)11-14-6-4-3-5-7-14)24-20(25)17-15-8-9-16(10-15)18(17)21(24)26/h3-9,15-18H,10-11H2,1-2H3/t15-,16-,17-,18-/m0/s1. The Morgan fingerprint density at radius 3 is 2.23 bits per heavy atom. The van der Waals surface area contributed by atoms with E-state index in [4.69, 9.17) is 0 Å². The molecule has 2 bridgehead atoms. The van der Waals surface area contributed by atoms with Crippen molar-refractivity contribution in [2.45, 2.75) is 26.8 Å². The predicted molar refractivity (Wildman–Crippen MR) is 97.5 cm³/mol. The summed E-state index contributed by atoms with van der Waals surface area (Å²) in [6, 6.07) is 10.1. The molecule has 0 N–H and O–H groups in total. The summed E-state index contributed by atoms with van der Waals surface area (Å²) in [6.45, 7) is 4.45. The Morgan fingerprint density at radius 1 is 1.00 bits per heavy atom. The van der Waals surface area contributed by atoms with Gasteiger partial charge in [0.1, 0.15) is 0 Å². The van der Waals surface area contributed by atoms with Crippen LogP contribution in [-0.4, -0.2) is 21.6 Å². The summed E-state index contributed by atoms with van der Waals surface area (Å²) >= 11 is 0. The summed E-state index contributed by atoms with van der Waals surface area (Å²) in [5.41, 5.74) is 3.43. The molecule has 2 heterocycles. The number of carbonyl (C=O) groups is 2. The van der Waals surface area contributed by atoms with Gasteiger partial charge in [0.15, 0.2) is 0 Å². The van der Waals surface area contributed by atoms with Gasteiger partial charge in [0, 0.05) is 0 Å². The topological polar surface area (TPSA) is 55.2 Å². The van der Waals surface area contributed by atoms with Gasteiger partial charge in [-0.25, -0.2) is 4.90 Å². The molecular weight excluding hydrogens is 326 g/mol. The average Bonchev–Trinajstić information content (AvgIpc) is 3.36. The van der Waals surface area contributed by atoms with Crippen molar-refractivity contribution in [3.8, 4) is 0 Å². The minimum atomic E-state index is -0.172. The molecule has 26 heavy (non-hydrogen) atoms. The minimum Gasteiger partial charge on any atom is -0.274 e. The van der Waals surface area contributed by atoms with Crippen LogP contribution in [0.1, 0.15) is 23.4 Å². The maximum absolute atomic E-state index is 13.1. The summed E-state index contributed by atoms with van der Waals surface area (Å²) in [5, 5.41) is 4.62. The van der Waals surface area contributed by atoms with Gasteiger partial charge in [0.2, 0.25) is 11.8 Å². The second kappa shape index (κ2) is 5.40. The number of aromatic nitrogens is 2. The summed E-state index contributed by atoms with van der Waals surface area (Å²) in [6.07, 6.45) is 5.20. The number of nitrogens with zero attached hydrogens (tertiary/aromatic N) is 3. The molecule has 1 saturated heterocycles. The molecule has 4 atom stereocenters. The van der Waals surface area contributed by atoms with Gasteiger partial charge in [-0.1, -0.05) is 42.5 Å². The Labute approximate surface area is 152 Å². The highest BCUT2D eigenvalue weighted by Crippen LogP contribution is 2.53. The maximum Gasteiger partial charge on any atom is 0.238 e. The molecule has 1 aromatic heterocycles. The zero-order chi connectivity index (χ0) is 18.0. The normalized spacial score (nSPS) is 29.1. The van der Waals surface area contributed by atoms with E-state index in [0.717, 1.165) is 23.4 Å². The molecule has 2 aromatic rings. The van der Waals surface area contributed by atoms with Crippen LogP contribution in [0.2, 0.25) is 0 Å². The third-order valence-corrected chi connectivity index (χ3v) is 6.21. The second-order valence-corrected chi connectivity index (χ2v) is 7.67. The van der Waals surface area contributed by atoms with Gasteiger partial charge < -0.3 is 0 Å². The van der Waals surface area contributed by atoms with E-state index in [2.05, 4.69) is 29.4 Å². The number of carbonyl (C=O) groups excluding carboxylic acids is 2. The van der Waals surface area contributed by atoms with Crippen molar-refractivity contribution in [1.82, 2.24) is 9.78 Å². The van der Waals surface area contributed by atoms with Crippen LogP contribution < -0.4 is 4.90 Å². The zero-order valence-electron chi connectivity index (χ0n) is 14.9. The molecule has 2 aliphatic carbocycles. The van der Waals surface area contributed by atoms with Crippen LogP contribution in [0, 0.1) is 37.5 Å². The van der Waals surface area contributed by atoms with E-state index in [1.54, 1.807) is 0 Å². The Morgan fingerprint density at radius 2 is 1.62 bits per heavy atom. The quantitative estimate of drug-likeness (QED) is 0.634. The molecule has 5 rings (SSSR count). The number of hydrogen-bond acceptors (Lipinski definition) is 3. The number of aryl methyl sites for hydroxylation is 1. The molecule has 1 aromatic carbocycles. The molecule has 0 unspecified atom stereocenters. The Kier molecular flexibility index (Phi) is 3.23. The predicted octanol–water partition coefficient (Wildman–Crippen LogP) is 2.86. The first kappa shape index (κ1) is 15.6. The highest BCUT2D eigenvalue weighted by molar-refractivity contribution is 6.23.